The second-order valence-electron chi connectivity index (χ2n) is 4.61. The predicted octanol–water partition coefficient (Wildman–Crippen LogP) is 1.88. The lowest BCUT2D eigenvalue weighted by molar-refractivity contribution is 0.333. The van der Waals surface area contributed by atoms with E-state index in [2.05, 4.69) is 23.4 Å². The highest BCUT2D eigenvalue weighted by atomic mass is 15.2. The molecule has 1 atom stereocenters. The molecule has 3 nitrogen and oxygen atoms in total. The normalized spacial score (nSPS) is 26.0. The van der Waals surface area contributed by atoms with Gasteiger partial charge >= 0.3 is 0 Å². The summed E-state index contributed by atoms with van der Waals surface area (Å²) in [6.45, 7) is 3.49. The van der Waals surface area contributed by atoms with Crippen molar-refractivity contribution in [2.75, 3.05) is 6.54 Å². The van der Waals surface area contributed by atoms with Gasteiger partial charge < -0.3 is 5.32 Å². The first-order valence-electron chi connectivity index (χ1n) is 5.98. The van der Waals surface area contributed by atoms with Gasteiger partial charge in [-0.05, 0) is 44.7 Å². The molecule has 1 fully saturated rings. The van der Waals surface area contributed by atoms with E-state index in [4.69, 9.17) is 0 Å². The van der Waals surface area contributed by atoms with Crippen molar-refractivity contribution in [1.29, 1.82) is 0 Å². The summed E-state index contributed by atoms with van der Waals surface area (Å²) in [5.41, 5.74) is 1.75. The van der Waals surface area contributed by atoms with Gasteiger partial charge in [-0.3, -0.25) is 4.68 Å². The molecule has 0 aromatic carbocycles. The average molecular weight is 207 g/mol. The van der Waals surface area contributed by atoms with E-state index in [0.29, 0.717) is 5.54 Å². The molecule has 1 saturated heterocycles. The Hall–Kier alpha value is -0.830. The Balaban J connectivity index is 1.94. The van der Waals surface area contributed by atoms with Gasteiger partial charge in [-0.25, -0.2) is 0 Å². The van der Waals surface area contributed by atoms with Crippen LogP contribution >= 0.6 is 0 Å². The van der Waals surface area contributed by atoms with E-state index in [-0.39, 0.29) is 0 Å². The minimum atomic E-state index is 0.407. The molecule has 1 aliphatic heterocycles. The monoisotopic (exact) mass is 207 g/mol. The first-order chi connectivity index (χ1) is 7.26. The van der Waals surface area contributed by atoms with E-state index >= 15 is 0 Å². The van der Waals surface area contributed by atoms with Crippen LogP contribution in [0.3, 0.4) is 0 Å². The molecule has 15 heavy (non-hydrogen) atoms. The summed E-state index contributed by atoms with van der Waals surface area (Å²) in [4.78, 5) is 0. The van der Waals surface area contributed by atoms with E-state index in [1.54, 1.807) is 0 Å². The number of nitrogens with zero attached hydrogens (tertiary/aromatic N) is 2. The van der Waals surface area contributed by atoms with Gasteiger partial charge in [0.1, 0.15) is 0 Å². The van der Waals surface area contributed by atoms with Crippen LogP contribution in [0.5, 0.6) is 0 Å². The molecular formula is C12H21N3. The Kier molecular flexibility index (Phi) is 3.10. The van der Waals surface area contributed by atoms with Gasteiger partial charge in [0.2, 0.25) is 0 Å². The van der Waals surface area contributed by atoms with Gasteiger partial charge in [-0.1, -0.05) is 6.92 Å². The highest BCUT2D eigenvalue weighted by molar-refractivity contribution is 5.03. The summed E-state index contributed by atoms with van der Waals surface area (Å²) in [5, 5.41) is 7.88. The number of hydrogen-bond donors (Lipinski definition) is 1. The quantitative estimate of drug-likeness (QED) is 0.817. The van der Waals surface area contributed by atoms with Crippen LogP contribution in [0.15, 0.2) is 12.3 Å². The molecular weight excluding hydrogens is 186 g/mol. The number of hydrogen-bond acceptors (Lipinski definition) is 2. The molecule has 1 aliphatic rings. The van der Waals surface area contributed by atoms with Crippen LogP contribution in [0.1, 0.15) is 38.3 Å². The molecule has 1 N–H and O–H groups in total. The van der Waals surface area contributed by atoms with E-state index in [1.165, 1.54) is 37.9 Å². The van der Waals surface area contributed by atoms with Crippen molar-refractivity contribution >= 4 is 0 Å². The maximum Gasteiger partial charge on any atom is 0.0492 e. The lowest BCUT2D eigenvalue weighted by Gasteiger charge is -2.28. The largest absolute Gasteiger partial charge is 0.311 e. The van der Waals surface area contributed by atoms with Crippen LogP contribution in [0, 0.1) is 0 Å². The summed E-state index contributed by atoms with van der Waals surface area (Å²) in [6.07, 6.45) is 8.17. The molecule has 0 bridgehead atoms. The van der Waals surface area contributed by atoms with Crippen LogP contribution in [-0.4, -0.2) is 21.9 Å². The third-order valence-electron chi connectivity index (χ3n) is 3.79. The fourth-order valence-electron chi connectivity index (χ4n) is 2.57. The van der Waals surface area contributed by atoms with Gasteiger partial charge in [0.15, 0.2) is 0 Å². The van der Waals surface area contributed by atoms with Gasteiger partial charge in [0, 0.05) is 24.5 Å². The Morgan fingerprint density at radius 1 is 1.60 bits per heavy atom. The Morgan fingerprint density at radius 3 is 3.00 bits per heavy atom. The molecule has 1 aromatic rings. The second kappa shape index (κ2) is 4.35. The van der Waals surface area contributed by atoms with E-state index in [0.717, 1.165) is 6.42 Å². The zero-order chi connectivity index (χ0) is 10.7. The summed E-state index contributed by atoms with van der Waals surface area (Å²) < 4.78 is 1.98. The highest BCUT2D eigenvalue weighted by Gasteiger charge is 2.30. The highest BCUT2D eigenvalue weighted by Crippen LogP contribution is 2.27. The summed E-state index contributed by atoms with van der Waals surface area (Å²) in [7, 11) is 2.02. The first kappa shape index (κ1) is 10.7. The fraction of sp³-hybridized carbons (Fsp3) is 0.750. The molecule has 1 aromatic heterocycles. The van der Waals surface area contributed by atoms with Crippen LogP contribution in [0.4, 0.5) is 0 Å². The Labute approximate surface area is 91.9 Å². The molecule has 84 valence electrons. The topological polar surface area (TPSA) is 29.9 Å². The zero-order valence-electron chi connectivity index (χ0n) is 9.79. The Morgan fingerprint density at radius 2 is 2.47 bits per heavy atom. The molecule has 0 saturated carbocycles. The average Bonchev–Trinajstić information content (AvgIpc) is 2.85. The number of aryl methyl sites for hydroxylation is 2. The van der Waals surface area contributed by atoms with Crippen LogP contribution in [-0.2, 0) is 13.5 Å². The first-order valence-corrected chi connectivity index (χ1v) is 5.98. The minimum absolute atomic E-state index is 0.407. The third kappa shape index (κ3) is 2.23. The maximum atomic E-state index is 4.21. The van der Waals surface area contributed by atoms with Gasteiger partial charge in [0.05, 0.1) is 0 Å². The van der Waals surface area contributed by atoms with Crippen molar-refractivity contribution in [3.05, 3.63) is 18.0 Å². The van der Waals surface area contributed by atoms with Crippen molar-refractivity contribution in [2.45, 2.75) is 44.6 Å². The second-order valence-corrected chi connectivity index (χ2v) is 4.61. The van der Waals surface area contributed by atoms with Crippen LogP contribution in [0.2, 0.25) is 0 Å². The maximum absolute atomic E-state index is 4.21. The Bertz CT molecular complexity index is 310. The molecule has 0 aliphatic carbocycles. The SMILES string of the molecule is CCC1(CCc2ccnn2C)CCCN1. The van der Waals surface area contributed by atoms with Crippen LogP contribution < -0.4 is 5.32 Å². The predicted molar refractivity (Wildman–Crippen MR) is 61.8 cm³/mol. The molecule has 0 amide bonds. The zero-order valence-corrected chi connectivity index (χ0v) is 9.79. The van der Waals surface area contributed by atoms with Crippen molar-refractivity contribution < 1.29 is 0 Å². The molecule has 1 unspecified atom stereocenters. The minimum Gasteiger partial charge on any atom is -0.311 e. The molecule has 2 rings (SSSR count). The van der Waals surface area contributed by atoms with E-state index < -0.39 is 0 Å². The van der Waals surface area contributed by atoms with Crippen molar-refractivity contribution in [2.24, 2.45) is 7.05 Å². The molecule has 3 heteroatoms. The fourth-order valence-corrected chi connectivity index (χ4v) is 2.57. The van der Waals surface area contributed by atoms with Crippen molar-refractivity contribution in [3.8, 4) is 0 Å². The number of nitrogens with one attached hydrogen (secondary N) is 1. The van der Waals surface area contributed by atoms with Crippen molar-refractivity contribution in [1.82, 2.24) is 15.1 Å². The lowest BCUT2D eigenvalue weighted by Crippen LogP contribution is -2.39. The summed E-state index contributed by atoms with van der Waals surface area (Å²) in [6, 6.07) is 2.12. The van der Waals surface area contributed by atoms with E-state index in [9.17, 15) is 0 Å². The standard InChI is InChI=1S/C12H21N3/c1-3-12(7-4-9-13-12)8-5-11-6-10-14-15(11)2/h6,10,13H,3-5,7-9H2,1-2H3. The smallest absolute Gasteiger partial charge is 0.0492 e. The summed E-state index contributed by atoms with van der Waals surface area (Å²) in [5.74, 6) is 0. The van der Waals surface area contributed by atoms with Gasteiger partial charge in [0.25, 0.3) is 0 Å². The van der Waals surface area contributed by atoms with Crippen molar-refractivity contribution in [3.63, 3.8) is 0 Å². The molecule has 0 spiro atoms. The van der Waals surface area contributed by atoms with E-state index in [1.807, 2.05) is 17.9 Å². The molecule has 2 heterocycles. The molecule has 0 radical (unpaired) electrons. The lowest BCUT2D eigenvalue weighted by atomic mass is 9.88. The number of rotatable bonds is 4. The van der Waals surface area contributed by atoms with Gasteiger partial charge in [-0.15, -0.1) is 0 Å². The van der Waals surface area contributed by atoms with Crippen LogP contribution in [0.25, 0.3) is 0 Å². The third-order valence-corrected chi connectivity index (χ3v) is 3.79. The van der Waals surface area contributed by atoms with Gasteiger partial charge in [-0.2, -0.15) is 5.10 Å². The summed E-state index contributed by atoms with van der Waals surface area (Å²) >= 11 is 0. The number of aromatic nitrogens is 2.